The Morgan fingerprint density at radius 1 is 1.55 bits per heavy atom. The predicted octanol–water partition coefficient (Wildman–Crippen LogP) is 2.47. The van der Waals surface area contributed by atoms with Crippen LogP contribution in [0.1, 0.15) is 18.4 Å². The molecule has 1 heterocycles. The quantitative estimate of drug-likeness (QED) is 0.794. The van der Waals surface area contributed by atoms with Crippen LogP contribution in [0.5, 0.6) is 0 Å². The molecule has 0 spiro atoms. The molecule has 0 aromatic heterocycles. The van der Waals surface area contributed by atoms with Gasteiger partial charge in [-0.3, -0.25) is 4.90 Å². The summed E-state index contributed by atoms with van der Waals surface area (Å²) in [5.74, 6) is -0.330. The Bertz CT molecular complexity index is 448. The number of aliphatic hydroxyl groups is 1. The first-order valence-corrected chi connectivity index (χ1v) is 7.93. The molecule has 1 aliphatic rings. The number of hydrogen-bond acceptors (Lipinski definition) is 4. The Labute approximate surface area is 135 Å². The van der Waals surface area contributed by atoms with Gasteiger partial charge in [-0.05, 0) is 32.0 Å². The van der Waals surface area contributed by atoms with Gasteiger partial charge in [-0.25, -0.2) is 4.39 Å². The van der Waals surface area contributed by atoms with Crippen LogP contribution < -0.4 is 0 Å². The van der Waals surface area contributed by atoms with Crippen LogP contribution in [0.15, 0.2) is 18.2 Å². The molecule has 0 unspecified atom stereocenters. The minimum atomic E-state index is -0.628. The lowest BCUT2D eigenvalue weighted by molar-refractivity contribution is -0.0239. The highest BCUT2D eigenvalue weighted by atomic mass is 35.5. The normalized spacial score (nSPS) is 19.8. The molecule has 1 saturated heterocycles. The molecule has 0 bridgehead atoms. The Morgan fingerprint density at radius 2 is 2.36 bits per heavy atom. The van der Waals surface area contributed by atoms with Crippen molar-refractivity contribution in [1.82, 2.24) is 4.90 Å². The number of rotatable bonds is 8. The second-order valence-corrected chi connectivity index (χ2v) is 6.13. The molecule has 1 aliphatic heterocycles. The van der Waals surface area contributed by atoms with Crippen molar-refractivity contribution < 1.29 is 19.0 Å². The van der Waals surface area contributed by atoms with Crippen LogP contribution in [0.4, 0.5) is 4.39 Å². The van der Waals surface area contributed by atoms with E-state index in [1.165, 1.54) is 6.07 Å². The maximum atomic E-state index is 13.7. The fourth-order valence-electron chi connectivity index (χ4n) is 2.54. The fourth-order valence-corrected chi connectivity index (χ4v) is 2.76. The third-order valence-corrected chi connectivity index (χ3v) is 4.00. The Balaban J connectivity index is 1.70. The Morgan fingerprint density at radius 3 is 3.05 bits per heavy atom. The van der Waals surface area contributed by atoms with Crippen LogP contribution >= 0.6 is 11.6 Å². The minimum absolute atomic E-state index is 0.155. The van der Waals surface area contributed by atoms with E-state index in [0.717, 1.165) is 19.4 Å². The zero-order valence-corrected chi connectivity index (χ0v) is 13.6. The summed E-state index contributed by atoms with van der Waals surface area (Å²) in [5.41, 5.74) is 0.444. The van der Waals surface area contributed by atoms with Crippen LogP contribution in [0.25, 0.3) is 0 Å². The molecule has 2 rings (SSSR count). The zero-order chi connectivity index (χ0) is 15.9. The standard InChI is InChI=1S/C16H23ClFNO3/c1-19(9-14-15(17)5-2-6-16(14)18)8-12(20)10-21-11-13-4-3-7-22-13/h2,5-6,12-13,20H,3-4,7-11H2,1H3/t12-,13+/m1/s1. The Hall–Kier alpha value is -0.720. The number of aliphatic hydroxyl groups excluding tert-OH is 1. The smallest absolute Gasteiger partial charge is 0.129 e. The van der Waals surface area contributed by atoms with Gasteiger partial charge in [0.25, 0.3) is 0 Å². The SMILES string of the molecule is CN(Cc1c(F)cccc1Cl)C[C@@H](O)COC[C@@H]1CCCO1. The second-order valence-electron chi connectivity index (χ2n) is 5.72. The molecule has 1 N–H and O–H groups in total. The number of halogens is 2. The Kier molecular flexibility index (Phi) is 7.05. The molecule has 0 saturated carbocycles. The van der Waals surface area contributed by atoms with E-state index in [4.69, 9.17) is 21.1 Å². The van der Waals surface area contributed by atoms with Crippen molar-refractivity contribution in [1.29, 1.82) is 0 Å². The lowest BCUT2D eigenvalue weighted by atomic mass is 10.2. The first-order chi connectivity index (χ1) is 10.6. The number of ether oxygens (including phenoxy) is 2. The van der Waals surface area contributed by atoms with Gasteiger partial charge in [0.15, 0.2) is 0 Å². The summed E-state index contributed by atoms with van der Waals surface area (Å²) in [6, 6.07) is 4.63. The van der Waals surface area contributed by atoms with E-state index in [-0.39, 0.29) is 18.5 Å². The molecule has 0 aliphatic carbocycles. The minimum Gasteiger partial charge on any atom is -0.389 e. The molecule has 124 valence electrons. The highest BCUT2D eigenvalue weighted by Gasteiger charge is 2.17. The molecule has 1 aromatic rings. The molecule has 22 heavy (non-hydrogen) atoms. The first-order valence-electron chi connectivity index (χ1n) is 7.55. The van der Waals surface area contributed by atoms with Gasteiger partial charge in [-0.1, -0.05) is 17.7 Å². The maximum Gasteiger partial charge on any atom is 0.129 e. The van der Waals surface area contributed by atoms with Gasteiger partial charge in [-0.15, -0.1) is 0 Å². The maximum absolute atomic E-state index is 13.7. The van der Waals surface area contributed by atoms with E-state index < -0.39 is 6.10 Å². The molecule has 1 fully saturated rings. The summed E-state index contributed by atoms with van der Waals surface area (Å²) < 4.78 is 24.6. The molecule has 6 heteroatoms. The van der Waals surface area contributed by atoms with Gasteiger partial charge in [0.2, 0.25) is 0 Å². The molecule has 0 radical (unpaired) electrons. The van der Waals surface area contributed by atoms with Crippen molar-refractivity contribution in [3.8, 4) is 0 Å². The summed E-state index contributed by atoms with van der Waals surface area (Å²) in [7, 11) is 1.81. The number of hydrogen-bond donors (Lipinski definition) is 1. The lowest BCUT2D eigenvalue weighted by Crippen LogP contribution is -2.33. The van der Waals surface area contributed by atoms with E-state index in [1.807, 2.05) is 11.9 Å². The van der Waals surface area contributed by atoms with Crippen molar-refractivity contribution in [2.75, 3.05) is 33.4 Å². The van der Waals surface area contributed by atoms with Gasteiger partial charge in [0.1, 0.15) is 5.82 Å². The molecule has 0 amide bonds. The highest BCUT2D eigenvalue weighted by molar-refractivity contribution is 6.31. The van der Waals surface area contributed by atoms with Crippen molar-refractivity contribution in [3.63, 3.8) is 0 Å². The van der Waals surface area contributed by atoms with Crippen molar-refractivity contribution in [2.45, 2.75) is 31.6 Å². The largest absolute Gasteiger partial charge is 0.389 e. The molecule has 2 atom stereocenters. The van der Waals surface area contributed by atoms with Gasteiger partial charge >= 0.3 is 0 Å². The molecular formula is C16H23ClFNO3. The van der Waals surface area contributed by atoms with Crippen LogP contribution in [-0.2, 0) is 16.0 Å². The first kappa shape index (κ1) is 17.6. The molecular weight excluding hydrogens is 309 g/mol. The lowest BCUT2D eigenvalue weighted by Gasteiger charge is -2.21. The summed E-state index contributed by atoms with van der Waals surface area (Å²) in [4.78, 5) is 1.82. The third kappa shape index (κ3) is 5.48. The summed E-state index contributed by atoms with van der Waals surface area (Å²) >= 11 is 6.00. The van der Waals surface area contributed by atoms with E-state index in [9.17, 15) is 9.50 Å². The average Bonchev–Trinajstić information content (AvgIpc) is 2.96. The topological polar surface area (TPSA) is 41.9 Å². The van der Waals surface area contributed by atoms with E-state index in [0.29, 0.717) is 30.3 Å². The van der Waals surface area contributed by atoms with Crippen LogP contribution in [0.3, 0.4) is 0 Å². The second kappa shape index (κ2) is 8.79. The van der Waals surface area contributed by atoms with Gasteiger partial charge < -0.3 is 14.6 Å². The number of nitrogens with zero attached hydrogens (tertiary/aromatic N) is 1. The number of benzene rings is 1. The number of likely N-dealkylation sites (N-methyl/N-ethyl adjacent to an activating group) is 1. The van der Waals surface area contributed by atoms with Crippen LogP contribution in [0.2, 0.25) is 5.02 Å². The van der Waals surface area contributed by atoms with Gasteiger partial charge in [-0.2, -0.15) is 0 Å². The van der Waals surface area contributed by atoms with E-state index >= 15 is 0 Å². The molecule has 4 nitrogen and oxygen atoms in total. The fraction of sp³-hybridized carbons (Fsp3) is 0.625. The van der Waals surface area contributed by atoms with Crippen LogP contribution in [-0.4, -0.2) is 55.6 Å². The highest BCUT2D eigenvalue weighted by Crippen LogP contribution is 2.20. The van der Waals surface area contributed by atoms with Crippen molar-refractivity contribution in [2.24, 2.45) is 0 Å². The van der Waals surface area contributed by atoms with Crippen molar-refractivity contribution >= 4 is 11.6 Å². The van der Waals surface area contributed by atoms with Gasteiger partial charge in [0.05, 0.1) is 25.4 Å². The monoisotopic (exact) mass is 331 g/mol. The summed E-state index contributed by atoms with van der Waals surface area (Å²) in [5, 5.41) is 10.4. The third-order valence-electron chi connectivity index (χ3n) is 3.65. The average molecular weight is 332 g/mol. The molecule has 1 aromatic carbocycles. The van der Waals surface area contributed by atoms with E-state index in [2.05, 4.69) is 0 Å². The predicted molar refractivity (Wildman–Crippen MR) is 83.5 cm³/mol. The summed E-state index contributed by atoms with van der Waals surface area (Å²) in [6.07, 6.45) is 1.61. The summed E-state index contributed by atoms with van der Waals surface area (Å²) in [6.45, 7) is 2.28. The van der Waals surface area contributed by atoms with Crippen LogP contribution in [0, 0.1) is 5.82 Å². The van der Waals surface area contributed by atoms with E-state index in [1.54, 1.807) is 12.1 Å². The van der Waals surface area contributed by atoms with Gasteiger partial charge in [0, 0.05) is 30.3 Å². The zero-order valence-electron chi connectivity index (χ0n) is 12.8. The van der Waals surface area contributed by atoms with Crippen molar-refractivity contribution in [3.05, 3.63) is 34.6 Å².